The minimum atomic E-state index is -0.257. The highest BCUT2D eigenvalue weighted by Gasteiger charge is 2.36. The number of furan rings is 2. The lowest BCUT2D eigenvalue weighted by molar-refractivity contribution is -0.134. The standard InChI is InChI=1S/C24H26N4O4/c1-30-22-7-3-2-6-19(22)27-12-10-26(11-13-27)17-24(29)28-20(23-9-5-15-32-23)16-18(25-28)21-8-4-14-31-21/h2-9,14-15,20H,10-13,16-17H2,1H3. The topological polar surface area (TPSA) is 74.7 Å². The van der Waals surface area contributed by atoms with Crippen molar-refractivity contribution in [3.63, 3.8) is 0 Å². The molecule has 0 saturated carbocycles. The van der Waals surface area contributed by atoms with Gasteiger partial charge in [0.25, 0.3) is 5.91 Å². The fraction of sp³-hybridized carbons (Fsp3) is 0.333. The summed E-state index contributed by atoms with van der Waals surface area (Å²) < 4.78 is 16.6. The number of piperazine rings is 1. The molecule has 4 heterocycles. The van der Waals surface area contributed by atoms with E-state index in [1.165, 1.54) is 0 Å². The minimum Gasteiger partial charge on any atom is -0.495 e. The molecular weight excluding hydrogens is 408 g/mol. The summed E-state index contributed by atoms with van der Waals surface area (Å²) in [5, 5.41) is 6.17. The number of hydrogen-bond acceptors (Lipinski definition) is 7. The molecule has 0 spiro atoms. The van der Waals surface area contributed by atoms with Gasteiger partial charge in [0.2, 0.25) is 0 Å². The van der Waals surface area contributed by atoms with Crippen molar-refractivity contribution in [2.75, 3.05) is 44.7 Å². The van der Waals surface area contributed by atoms with E-state index in [0.717, 1.165) is 49.1 Å². The number of hydrogen-bond donors (Lipinski definition) is 0. The number of anilines is 1. The van der Waals surface area contributed by atoms with Gasteiger partial charge in [0, 0.05) is 32.6 Å². The number of benzene rings is 1. The molecule has 0 N–H and O–H groups in total. The fourth-order valence-corrected chi connectivity index (χ4v) is 4.34. The molecule has 0 radical (unpaired) electrons. The van der Waals surface area contributed by atoms with E-state index in [1.807, 2.05) is 42.5 Å². The summed E-state index contributed by atoms with van der Waals surface area (Å²) >= 11 is 0. The number of para-hydroxylation sites is 2. The zero-order chi connectivity index (χ0) is 21.9. The van der Waals surface area contributed by atoms with Gasteiger partial charge in [0.15, 0.2) is 0 Å². The van der Waals surface area contributed by atoms with Crippen LogP contribution < -0.4 is 9.64 Å². The van der Waals surface area contributed by atoms with Gasteiger partial charge in [-0.1, -0.05) is 12.1 Å². The van der Waals surface area contributed by atoms with Crippen molar-refractivity contribution in [1.82, 2.24) is 9.91 Å². The molecule has 1 amide bonds. The normalized spacial score (nSPS) is 19.3. The van der Waals surface area contributed by atoms with Gasteiger partial charge in [-0.15, -0.1) is 0 Å². The van der Waals surface area contributed by atoms with Crippen LogP contribution in [-0.2, 0) is 4.79 Å². The zero-order valence-corrected chi connectivity index (χ0v) is 18.0. The molecule has 5 rings (SSSR count). The van der Waals surface area contributed by atoms with Gasteiger partial charge in [-0.3, -0.25) is 9.69 Å². The Labute approximate surface area is 186 Å². The molecule has 2 aliphatic rings. The summed E-state index contributed by atoms with van der Waals surface area (Å²) in [5.41, 5.74) is 1.84. The van der Waals surface area contributed by atoms with Gasteiger partial charge in [-0.2, -0.15) is 5.10 Å². The van der Waals surface area contributed by atoms with E-state index in [-0.39, 0.29) is 11.9 Å². The maximum Gasteiger partial charge on any atom is 0.257 e. The Morgan fingerprint density at radius 2 is 1.81 bits per heavy atom. The summed E-state index contributed by atoms with van der Waals surface area (Å²) in [6, 6.07) is 15.2. The first kappa shape index (κ1) is 20.4. The molecule has 0 aliphatic carbocycles. The van der Waals surface area contributed by atoms with E-state index in [4.69, 9.17) is 13.6 Å². The number of methoxy groups -OCH3 is 1. The van der Waals surface area contributed by atoms with Crippen molar-refractivity contribution in [3.8, 4) is 5.75 Å². The molecule has 1 fully saturated rings. The number of nitrogens with zero attached hydrogens (tertiary/aromatic N) is 4. The molecule has 0 bridgehead atoms. The molecule has 2 aromatic heterocycles. The highest BCUT2D eigenvalue weighted by Crippen LogP contribution is 2.33. The highest BCUT2D eigenvalue weighted by atomic mass is 16.5. The Morgan fingerprint density at radius 3 is 2.53 bits per heavy atom. The van der Waals surface area contributed by atoms with E-state index < -0.39 is 0 Å². The first-order chi connectivity index (χ1) is 15.7. The van der Waals surface area contributed by atoms with Crippen LogP contribution in [0.25, 0.3) is 0 Å². The molecule has 2 aliphatic heterocycles. The molecule has 1 unspecified atom stereocenters. The third kappa shape index (κ3) is 4.01. The van der Waals surface area contributed by atoms with Crippen LogP contribution in [-0.4, -0.2) is 61.4 Å². The average molecular weight is 434 g/mol. The largest absolute Gasteiger partial charge is 0.495 e. The number of carbonyl (C=O) groups excluding carboxylic acids is 1. The lowest BCUT2D eigenvalue weighted by Crippen LogP contribution is -2.49. The second-order valence-corrected chi connectivity index (χ2v) is 7.93. The van der Waals surface area contributed by atoms with Gasteiger partial charge in [-0.25, -0.2) is 5.01 Å². The predicted molar refractivity (Wildman–Crippen MR) is 120 cm³/mol. The Morgan fingerprint density at radius 1 is 1.03 bits per heavy atom. The summed E-state index contributed by atoms with van der Waals surface area (Å²) in [7, 11) is 1.69. The Balaban J connectivity index is 1.26. The number of hydrazone groups is 1. The number of carbonyl (C=O) groups is 1. The zero-order valence-electron chi connectivity index (χ0n) is 18.0. The van der Waals surface area contributed by atoms with E-state index in [9.17, 15) is 4.79 Å². The molecular formula is C24H26N4O4. The first-order valence-electron chi connectivity index (χ1n) is 10.8. The van der Waals surface area contributed by atoms with Crippen LogP contribution in [0.3, 0.4) is 0 Å². The fourth-order valence-electron chi connectivity index (χ4n) is 4.34. The quantitative estimate of drug-likeness (QED) is 0.592. The van der Waals surface area contributed by atoms with Gasteiger partial charge < -0.3 is 18.5 Å². The van der Waals surface area contributed by atoms with Crippen LogP contribution in [0.2, 0.25) is 0 Å². The lowest BCUT2D eigenvalue weighted by atomic mass is 10.1. The summed E-state index contributed by atoms with van der Waals surface area (Å²) in [4.78, 5) is 17.7. The number of rotatable bonds is 6. The van der Waals surface area contributed by atoms with Crippen LogP contribution in [0.15, 0.2) is 75.0 Å². The third-order valence-electron chi connectivity index (χ3n) is 6.00. The Bertz CT molecular complexity index is 1070. The van der Waals surface area contributed by atoms with E-state index in [2.05, 4.69) is 21.0 Å². The third-order valence-corrected chi connectivity index (χ3v) is 6.00. The van der Waals surface area contributed by atoms with Gasteiger partial charge >= 0.3 is 0 Å². The SMILES string of the molecule is COc1ccccc1N1CCN(CC(=O)N2N=C(c3ccco3)CC2c2ccco2)CC1. The Kier molecular flexibility index (Phi) is 5.68. The summed E-state index contributed by atoms with van der Waals surface area (Å²) in [6.07, 6.45) is 3.81. The minimum absolute atomic E-state index is 0.0429. The smallest absolute Gasteiger partial charge is 0.257 e. The molecule has 166 valence electrons. The molecule has 1 aromatic carbocycles. The van der Waals surface area contributed by atoms with E-state index in [1.54, 1.807) is 24.6 Å². The second-order valence-electron chi connectivity index (χ2n) is 7.93. The monoisotopic (exact) mass is 434 g/mol. The van der Waals surface area contributed by atoms with Gasteiger partial charge in [-0.05, 0) is 36.4 Å². The lowest BCUT2D eigenvalue weighted by Gasteiger charge is -2.36. The van der Waals surface area contributed by atoms with Crippen molar-refractivity contribution < 1.29 is 18.4 Å². The molecule has 1 saturated heterocycles. The van der Waals surface area contributed by atoms with Crippen molar-refractivity contribution in [2.24, 2.45) is 5.10 Å². The molecule has 32 heavy (non-hydrogen) atoms. The van der Waals surface area contributed by atoms with Crippen molar-refractivity contribution >= 4 is 17.3 Å². The van der Waals surface area contributed by atoms with Gasteiger partial charge in [0.05, 0.1) is 31.9 Å². The van der Waals surface area contributed by atoms with Crippen LogP contribution in [0.1, 0.15) is 24.0 Å². The maximum absolute atomic E-state index is 13.3. The highest BCUT2D eigenvalue weighted by molar-refractivity contribution is 6.01. The van der Waals surface area contributed by atoms with Crippen molar-refractivity contribution in [1.29, 1.82) is 0 Å². The van der Waals surface area contributed by atoms with Crippen LogP contribution in [0, 0.1) is 0 Å². The van der Waals surface area contributed by atoms with Crippen molar-refractivity contribution in [2.45, 2.75) is 12.5 Å². The summed E-state index contributed by atoms with van der Waals surface area (Å²) in [6.45, 7) is 3.55. The van der Waals surface area contributed by atoms with Crippen LogP contribution in [0.5, 0.6) is 5.75 Å². The summed E-state index contributed by atoms with van der Waals surface area (Å²) in [5.74, 6) is 2.24. The second kappa shape index (κ2) is 8.92. The van der Waals surface area contributed by atoms with Gasteiger partial charge in [0.1, 0.15) is 29.0 Å². The maximum atomic E-state index is 13.3. The average Bonchev–Trinajstić information content (AvgIpc) is 3.60. The molecule has 8 nitrogen and oxygen atoms in total. The van der Waals surface area contributed by atoms with E-state index in [0.29, 0.717) is 18.7 Å². The van der Waals surface area contributed by atoms with E-state index >= 15 is 0 Å². The Hall–Kier alpha value is -3.52. The molecule has 3 aromatic rings. The van der Waals surface area contributed by atoms with Crippen molar-refractivity contribution in [3.05, 3.63) is 72.6 Å². The molecule has 1 atom stereocenters. The molecule has 8 heteroatoms. The first-order valence-corrected chi connectivity index (χ1v) is 10.8. The number of amides is 1. The van der Waals surface area contributed by atoms with Crippen LogP contribution in [0.4, 0.5) is 5.69 Å². The predicted octanol–water partition coefficient (Wildman–Crippen LogP) is 3.38. The number of ether oxygens (including phenoxy) is 1. The van der Waals surface area contributed by atoms with Crippen LogP contribution >= 0.6 is 0 Å².